The molecule has 2 atom stereocenters. The molecule has 0 aromatic heterocycles. The number of nitrogens with two attached hydrogens (primary N) is 1. The van der Waals surface area contributed by atoms with E-state index in [4.69, 9.17) is 15.2 Å². The second-order valence-electron chi connectivity index (χ2n) is 2.97. The fourth-order valence-corrected chi connectivity index (χ4v) is 1.35. The summed E-state index contributed by atoms with van der Waals surface area (Å²) in [4.78, 5) is 0. The van der Waals surface area contributed by atoms with Gasteiger partial charge in [-0.05, 0) is 26.2 Å². The van der Waals surface area contributed by atoms with Gasteiger partial charge in [-0.25, -0.2) is 0 Å². The Morgan fingerprint density at radius 1 is 1.45 bits per heavy atom. The van der Waals surface area contributed by atoms with Gasteiger partial charge in [0.05, 0.1) is 6.10 Å². The zero-order chi connectivity index (χ0) is 8.10. The lowest BCUT2D eigenvalue weighted by Crippen LogP contribution is -2.18. The third kappa shape index (κ3) is 3.18. The van der Waals surface area contributed by atoms with Crippen LogP contribution in [0.1, 0.15) is 26.2 Å². The van der Waals surface area contributed by atoms with Crippen LogP contribution in [0.2, 0.25) is 0 Å². The Balaban J connectivity index is 1.99. The smallest absolute Gasteiger partial charge is 0.147 e. The standard InChI is InChI=1S/C8H17NO2/c1-2-10-6-11-8-4-3-7(9)5-8/h7-8H,2-6,9H2,1H3. The summed E-state index contributed by atoms with van der Waals surface area (Å²) in [6, 6.07) is 0.349. The second-order valence-corrected chi connectivity index (χ2v) is 2.97. The van der Waals surface area contributed by atoms with Crippen LogP contribution in [0.3, 0.4) is 0 Å². The lowest BCUT2D eigenvalue weighted by Gasteiger charge is -2.10. The molecule has 0 saturated heterocycles. The Morgan fingerprint density at radius 2 is 2.27 bits per heavy atom. The molecule has 3 heteroatoms. The first-order valence-electron chi connectivity index (χ1n) is 4.28. The zero-order valence-electron chi connectivity index (χ0n) is 7.08. The van der Waals surface area contributed by atoms with Crippen molar-refractivity contribution in [3.05, 3.63) is 0 Å². The average Bonchev–Trinajstić information content (AvgIpc) is 2.37. The highest BCUT2D eigenvalue weighted by Crippen LogP contribution is 2.19. The monoisotopic (exact) mass is 159 g/mol. The van der Waals surface area contributed by atoms with Crippen LogP contribution in [-0.2, 0) is 9.47 Å². The van der Waals surface area contributed by atoms with Crippen molar-refractivity contribution in [3.8, 4) is 0 Å². The van der Waals surface area contributed by atoms with Crippen molar-refractivity contribution in [2.24, 2.45) is 5.73 Å². The largest absolute Gasteiger partial charge is 0.356 e. The van der Waals surface area contributed by atoms with Crippen molar-refractivity contribution < 1.29 is 9.47 Å². The zero-order valence-corrected chi connectivity index (χ0v) is 7.08. The van der Waals surface area contributed by atoms with E-state index in [1.165, 1.54) is 0 Å². The molecule has 1 rings (SSSR count). The molecule has 1 aliphatic rings. The maximum atomic E-state index is 5.71. The minimum absolute atomic E-state index is 0.344. The van der Waals surface area contributed by atoms with Crippen molar-refractivity contribution in [1.29, 1.82) is 0 Å². The number of hydrogen-bond donors (Lipinski definition) is 1. The van der Waals surface area contributed by atoms with Crippen LogP contribution < -0.4 is 5.73 Å². The molecule has 66 valence electrons. The molecule has 0 heterocycles. The fourth-order valence-electron chi connectivity index (χ4n) is 1.35. The Kier molecular flexibility index (Phi) is 3.83. The highest BCUT2D eigenvalue weighted by molar-refractivity contribution is 4.77. The van der Waals surface area contributed by atoms with Gasteiger partial charge < -0.3 is 15.2 Å². The van der Waals surface area contributed by atoms with Gasteiger partial charge in [0, 0.05) is 12.6 Å². The SMILES string of the molecule is CCOCOC1CCC(N)C1. The fraction of sp³-hybridized carbons (Fsp3) is 1.00. The molecule has 11 heavy (non-hydrogen) atoms. The molecule has 2 unspecified atom stereocenters. The topological polar surface area (TPSA) is 44.5 Å². The minimum Gasteiger partial charge on any atom is -0.356 e. The van der Waals surface area contributed by atoms with Crippen molar-refractivity contribution >= 4 is 0 Å². The van der Waals surface area contributed by atoms with E-state index in [1.807, 2.05) is 6.92 Å². The lowest BCUT2D eigenvalue weighted by molar-refractivity contribution is -0.0837. The molecule has 0 amide bonds. The van der Waals surface area contributed by atoms with Crippen LogP contribution in [0.25, 0.3) is 0 Å². The second kappa shape index (κ2) is 4.70. The number of ether oxygens (including phenoxy) is 2. The third-order valence-corrected chi connectivity index (χ3v) is 2.02. The summed E-state index contributed by atoms with van der Waals surface area (Å²) in [5.74, 6) is 0. The van der Waals surface area contributed by atoms with Gasteiger partial charge in [0.15, 0.2) is 0 Å². The summed E-state index contributed by atoms with van der Waals surface area (Å²) in [6.45, 7) is 3.11. The van der Waals surface area contributed by atoms with Crippen molar-refractivity contribution in [3.63, 3.8) is 0 Å². The Morgan fingerprint density at radius 3 is 2.82 bits per heavy atom. The molecule has 0 aromatic rings. The van der Waals surface area contributed by atoms with E-state index in [9.17, 15) is 0 Å². The minimum atomic E-state index is 0.344. The summed E-state index contributed by atoms with van der Waals surface area (Å²) >= 11 is 0. The first kappa shape index (κ1) is 8.97. The Hall–Kier alpha value is -0.120. The van der Waals surface area contributed by atoms with Gasteiger partial charge in [0.2, 0.25) is 0 Å². The molecular weight excluding hydrogens is 142 g/mol. The van der Waals surface area contributed by atoms with Gasteiger partial charge in [-0.2, -0.15) is 0 Å². The van der Waals surface area contributed by atoms with Crippen LogP contribution in [0, 0.1) is 0 Å². The van der Waals surface area contributed by atoms with Crippen LogP contribution in [0.15, 0.2) is 0 Å². The van der Waals surface area contributed by atoms with Crippen LogP contribution in [0.5, 0.6) is 0 Å². The summed E-state index contributed by atoms with van der Waals surface area (Å²) < 4.78 is 10.5. The molecule has 2 N–H and O–H groups in total. The molecule has 0 bridgehead atoms. The normalized spacial score (nSPS) is 31.1. The van der Waals surface area contributed by atoms with Gasteiger partial charge in [-0.1, -0.05) is 0 Å². The van der Waals surface area contributed by atoms with Crippen molar-refractivity contribution in [2.45, 2.75) is 38.3 Å². The van der Waals surface area contributed by atoms with Gasteiger partial charge in [0.25, 0.3) is 0 Å². The van der Waals surface area contributed by atoms with Gasteiger partial charge in [0.1, 0.15) is 6.79 Å². The number of rotatable bonds is 4. The molecule has 0 aromatic carbocycles. The predicted octanol–water partition coefficient (Wildman–Crippen LogP) is 0.877. The predicted molar refractivity (Wildman–Crippen MR) is 43.2 cm³/mol. The average molecular weight is 159 g/mol. The lowest BCUT2D eigenvalue weighted by atomic mass is 10.3. The maximum Gasteiger partial charge on any atom is 0.147 e. The highest BCUT2D eigenvalue weighted by atomic mass is 16.7. The third-order valence-electron chi connectivity index (χ3n) is 2.02. The van der Waals surface area contributed by atoms with E-state index in [-0.39, 0.29) is 0 Å². The van der Waals surface area contributed by atoms with E-state index in [1.54, 1.807) is 0 Å². The number of hydrogen-bond acceptors (Lipinski definition) is 3. The quantitative estimate of drug-likeness (QED) is 0.489. The Labute approximate surface area is 67.9 Å². The van der Waals surface area contributed by atoms with Crippen molar-refractivity contribution in [1.82, 2.24) is 0 Å². The maximum absolute atomic E-state index is 5.71. The summed E-state index contributed by atoms with van der Waals surface area (Å²) in [5.41, 5.74) is 5.71. The van der Waals surface area contributed by atoms with E-state index in [0.717, 1.165) is 25.9 Å². The summed E-state index contributed by atoms with van der Waals surface area (Å²) in [7, 11) is 0. The van der Waals surface area contributed by atoms with Crippen molar-refractivity contribution in [2.75, 3.05) is 13.4 Å². The van der Waals surface area contributed by atoms with E-state index in [2.05, 4.69) is 0 Å². The summed E-state index contributed by atoms with van der Waals surface area (Å²) in [6.07, 6.45) is 3.52. The molecule has 1 aliphatic carbocycles. The molecular formula is C8H17NO2. The molecule has 1 fully saturated rings. The van der Waals surface area contributed by atoms with Gasteiger partial charge in [-0.3, -0.25) is 0 Å². The molecule has 3 nitrogen and oxygen atoms in total. The van der Waals surface area contributed by atoms with E-state index >= 15 is 0 Å². The summed E-state index contributed by atoms with van der Waals surface area (Å²) in [5, 5.41) is 0. The van der Waals surface area contributed by atoms with Crippen LogP contribution >= 0.6 is 0 Å². The first-order valence-corrected chi connectivity index (χ1v) is 4.28. The molecule has 0 spiro atoms. The molecule has 0 aliphatic heterocycles. The van der Waals surface area contributed by atoms with Gasteiger partial charge >= 0.3 is 0 Å². The highest BCUT2D eigenvalue weighted by Gasteiger charge is 2.21. The molecule has 0 radical (unpaired) electrons. The molecule has 1 saturated carbocycles. The van der Waals surface area contributed by atoms with E-state index in [0.29, 0.717) is 18.9 Å². The first-order chi connectivity index (χ1) is 5.33. The van der Waals surface area contributed by atoms with E-state index < -0.39 is 0 Å². The Bertz CT molecular complexity index is 108. The van der Waals surface area contributed by atoms with Gasteiger partial charge in [-0.15, -0.1) is 0 Å². The van der Waals surface area contributed by atoms with Crippen LogP contribution in [0.4, 0.5) is 0 Å². The van der Waals surface area contributed by atoms with Crippen LogP contribution in [-0.4, -0.2) is 25.5 Å².